The molecule has 0 aromatic carbocycles. The fourth-order valence-corrected chi connectivity index (χ4v) is 2.75. The minimum absolute atomic E-state index is 0.125. The average molecular weight is 401 g/mol. The van der Waals surface area contributed by atoms with Gasteiger partial charge < -0.3 is 0 Å². The van der Waals surface area contributed by atoms with Crippen LogP contribution >= 0.6 is 44.9 Å². The standard InChI is InChI=1S/C12H7Br2N3OS/c13-8-4-9-10(6-17(19)12(9)15-5-8)7-1-2-16(14)11(18)3-7/h1-6,19H. The highest BCUT2D eigenvalue weighted by Gasteiger charge is 2.11. The molecule has 0 saturated heterocycles. The molecule has 7 heteroatoms. The molecule has 3 heterocycles. The molecule has 0 aliphatic heterocycles. The van der Waals surface area contributed by atoms with Crippen molar-refractivity contribution in [3.8, 4) is 11.1 Å². The summed E-state index contributed by atoms with van der Waals surface area (Å²) in [4.78, 5) is 16.0. The van der Waals surface area contributed by atoms with Gasteiger partial charge >= 0.3 is 0 Å². The zero-order valence-corrected chi connectivity index (χ0v) is 13.5. The van der Waals surface area contributed by atoms with Crippen LogP contribution in [0.25, 0.3) is 22.2 Å². The van der Waals surface area contributed by atoms with Gasteiger partial charge in [-0.15, -0.1) is 0 Å². The maximum absolute atomic E-state index is 11.7. The van der Waals surface area contributed by atoms with Crippen LogP contribution in [0.5, 0.6) is 0 Å². The number of nitrogens with zero attached hydrogens (tertiary/aromatic N) is 3. The molecule has 0 atom stereocenters. The monoisotopic (exact) mass is 399 g/mol. The van der Waals surface area contributed by atoms with Crippen molar-refractivity contribution in [1.82, 2.24) is 12.5 Å². The van der Waals surface area contributed by atoms with Crippen molar-refractivity contribution in [2.24, 2.45) is 0 Å². The van der Waals surface area contributed by atoms with Crippen LogP contribution in [0.3, 0.4) is 0 Å². The van der Waals surface area contributed by atoms with Crippen LogP contribution in [0.2, 0.25) is 0 Å². The van der Waals surface area contributed by atoms with E-state index in [1.54, 1.807) is 22.4 Å². The predicted octanol–water partition coefficient (Wildman–Crippen LogP) is 3.48. The number of halogens is 2. The Kier molecular flexibility index (Phi) is 3.28. The molecule has 0 saturated carbocycles. The van der Waals surface area contributed by atoms with Gasteiger partial charge in [0.15, 0.2) is 0 Å². The number of aromatic nitrogens is 3. The summed E-state index contributed by atoms with van der Waals surface area (Å²) in [5.74, 6) is 0. The van der Waals surface area contributed by atoms with Crippen molar-refractivity contribution in [3.05, 3.63) is 51.6 Å². The van der Waals surface area contributed by atoms with Crippen molar-refractivity contribution in [3.63, 3.8) is 0 Å². The van der Waals surface area contributed by atoms with E-state index in [-0.39, 0.29) is 5.56 Å². The zero-order chi connectivity index (χ0) is 13.6. The van der Waals surface area contributed by atoms with E-state index in [4.69, 9.17) is 0 Å². The molecule has 0 N–H and O–H groups in total. The van der Waals surface area contributed by atoms with Crippen molar-refractivity contribution >= 4 is 55.9 Å². The van der Waals surface area contributed by atoms with Gasteiger partial charge in [-0.1, -0.05) is 12.8 Å². The first-order chi connectivity index (χ1) is 9.06. The van der Waals surface area contributed by atoms with Crippen LogP contribution in [0, 0.1) is 0 Å². The van der Waals surface area contributed by atoms with E-state index in [0.717, 1.165) is 26.6 Å². The lowest BCUT2D eigenvalue weighted by molar-refractivity contribution is 1.18. The fourth-order valence-electron chi connectivity index (χ4n) is 1.93. The Balaban J connectivity index is 2.33. The molecule has 3 rings (SSSR count). The number of thiol groups is 1. The van der Waals surface area contributed by atoms with E-state index >= 15 is 0 Å². The first-order valence-corrected chi connectivity index (χ1v) is 7.21. The van der Waals surface area contributed by atoms with E-state index in [9.17, 15) is 4.79 Å². The van der Waals surface area contributed by atoms with Gasteiger partial charge in [0, 0.05) is 40.1 Å². The summed E-state index contributed by atoms with van der Waals surface area (Å²) >= 11 is 10.9. The zero-order valence-electron chi connectivity index (χ0n) is 9.42. The fraction of sp³-hybridized carbons (Fsp3) is 0. The highest BCUT2D eigenvalue weighted by Crippen LogP contribution is 2.31. The van der Waals surface area contributed by atoms with Gasteiger partial charge in [0.1, 0.15) is 5.65 Å². The minimum Gasteiger partial charge on any atom is -0.277 e. The van der Waals surface area contributed by atoms with Crippen molar-refractivity contribution in [1.29, 1.82) is 0 Å². The Morgan fingerprint density at radius 2 is 2.11 bits per heavy atom. The maximum Gasteiger partial charge on any atom is 0.261 e. The van der Waals surface area contributed by atoms with Crippen molar-refractivity contribution in [2.45, 2.75) is 0 Å². The van der Waals surface area contributed by atoms with E-state index in [2.05, 4.69) is 49.9 Å². The summed E-state index contributed by atoms with van der Waals surface area (Å²) in [7, 11) is 0. The maximum atomic E-state index is 11.7. The van der Waals surface area contributed by atoms with E-state index in [0.29, 0.717) is 0 Å². The van der Waals surface area contributed by atoms with Crippen LogP contribution in [0.1, 0.15) is 0 Å². The van der Waals surface area contributed by atoms with Gasteiger partial charge in [0.25, 0.3) is 5.56 Å². The third kappa shape index (κ3) is 2.26. The number of fused-ring (bicyclic) bond motifs is 1. The first kappa shape index (κ1) is 13.0. The molecular weight excluding hydrogens is 394 g/mol. The molecule has 19 heavy (non-hydrogen) atoms. The van der Waals surface area contributed by atoms with Crippen LogP contribution < -0.4 is 5.56 Å². The van der Waals surface area contributed by atoms with E-state index in [1.807, 2.05) is 18.3 Å². The second-order valence-electron chi connectivity index (χ2n) is 3.98. The third-order valence-corrected chi connectivity index (χ3v) is 4.10. The summed E-state index contributed by atoms with van der Waals surface area (Å²) in [6.45, 7) is 0. The van der Waals surface area contributed by atoms with Crippen LogP contribution in [0.4, 0.5) is 0 Å². The molecular formula is C12H7Br2N3OS. The first-order valence-electron chi connectivity index (χ1n) is 5.31. The molecule has 0 bridgehead atoms. The second-order valence-corrected chi connectivity index (χ2v) is 6.09. The Hall–Kier alpha value is -1.05. The second kappa shape index (κ2) is 4.81. The average Bonchev–Trinajstić information content (AvgIpc) is 2.70. The van der Waals surface area contributed by atoms with Gasteiger partial charge in [-0.2, -0.15) is 0 Å². The van der Waals surface area contributed by atoms with E-state index in [1.165, 1.54) is 3.59 Å². The largest absolute Gasteiger partial charge is 0.277 e. The normalized spacial score (nSPS) is 11.1. The Morgan fingerprint density at radius 1 is 1.32 bits per heavy atom. The summed E-state index contributed by atoms with van der Waals surface area (Å²) in [6.07, 6.45) is 5.24. The minimum atomic E-state index is -0.125. The van der Waals surface area contributed by atoms with Crippen molar-refractivity contribution in [2.75, 3.05) is 0 Å². The molecule has 3 aromatic heterocycles. The quantitative estimate of drug-likeness (QED) is 0.635. The summed E-state index contributed by atoms with van der Waals surface area (Å²) in [5, 5.41) is 0.941. The van der Waals surface area contributed by atoms with Crippen LogP contribution in [-0.2, 0) is 0 Å². The van der Waals surface area contributed by atoms with Gasteiger partial charge in [0.05, 0.1) is 16.1 Å². The smallest absolute Gasteiger partial charge is 0.261 e. The van der Waals surface area contributed by atoms with Gasteiger partial charge in [0.2, 0.25) is 0 Å². The number of rotatable bonds is 1. The number of hydrogen-bond acceptors (Lipinski definition) is 3. The molecule has 0 fully saturated rings. The molecule has 4 nitrogen and oxygen atoms in total. The molecule has 0 aliphatic rings. The lowest BCUT2D eigenvalue weighted by Crippen LogP contribution is -2.09. The summed E-state index contributed by atoms with van der Waals surface area (Å²) in [5.41, 5.74) is 2.38. The van der Waals surface area contributed by atoms with Crippen LogP contribution in [-0.4, -0.2) is 12.5 Å². The van der Waals surface area contributed by atoms with Crippen LogP contribution in [0.15, 0.2) is 46.1 Å². The van der Waals surface area contributed by atoms with Gasteiger partial charge in [-0.05, 0) is 33.6 Å². The molecule has 0 amide bonds. The Labute approximate surface area is 131 Å². The lowest BCUT2D eigenvalue weighted by Gasteiger charge is -2.00. The number of pyridine rings is 2. The Bertz CT molecular complexity index is 841. The Morgan fingerprint density at radius 3 is 2.84 bits per heavy atom. The predicted molar refractivity (Wildman–Crippen MR) is 85.8 cm³/mol. The van der Waals surface area contributed by atoms with Crippen molar-refractivity contribution < 1.29 is 0 Å². The molecule has 0 radical (unpaired) electrons. The topological polar surface area (TPSA) is 39.8 Å². The van der Waals surface area contributed by atoms with Gasteiger partial charge in [-0.3, -0.25) is 12.4 Å². The summed E-state index contributed by atoms with van der Waals surface area (Å²) in [6, 6.07) is 5.39. The SMILES string of the molecule is O=c1cc(-c2cn(S)c3ncc(Br)cc23)ccn1Br. The highest BCUT2D eigenvalue weighted by molar-refractivity contribution is 9.10. The molecule has 3 aromatic rings. The molecule has 0 unspecified atom stereocenters. The summed E-state index contributed by atoms with van der Waals surface area (Å²) < 4.78 is 3.89. The van der Waals surface area contributed by atoms with Gasteiger partial charge in [-0.25, -0.2) is 4.98 Å². The lowest BCUT2D eigenvalue weighted by atomic mass is 10.1. The molecule has 96 valence electrons. The third-order valence-electron chi connectivity index (χ3n) is 2.78. The molecule has 0 spiro atoms. The highest BCUT2D eigenvalue weighted by atomic mass is 79.9. The molecule has 0 aliphatic carbocycles. The van der Waals surface area contributed by atoms with E-state index < -0.39 is 0 Å². The number of hydrogen-bond donors (Lipinski definition) is 1.